The van der Waals surface area contributed by atoms with Crippen molar-refractivity contribution in [2.24, 2.45) is 0 Å². The van der Waals surface area contributed by atoms with E-state index in [1.807, 2.05) is 0 Å². The van der Waals surface area contributed by atoms with E-state index in [-0.39, 0.29) is 103 Å². The summed E-state index contributed by atoms with van der Waals surface area (Å²) >= 11 is 0. The fourth-order valence-corrected chi connectivity index (χ4v) is 4.70. The smallest absolute Gasteiger partial charge is 0.320 e. The summed E-state index contributed by atoms with van der Waals surface area (Å²) in [4.78, 5) is 76.5. The predicted molar refractivity (Wildman–Crippen MR) is 145 cm³/mol. The van der Waals surface area contributed by atoms with Crippen LogP contribution in [0.4, 0.5) is 5.69 Å². The van der Waals surface area contributed by atoms with E-state index in [2.05, 4.69) is 5.32 Å². The molecule has 1 atom stereocenters. The molecule has 1 unspecified atom stereocenters. The van der Waals surface area contributed by atoms with Crippen molar-refractivity contribution in [3.8, 4) is 5.75 Å². The van der Waals surface area contributed by atoms with E-state index in [0.717, 1.165) is 0 Å². The minimum Gasteiger partial charge on any atom is -0.488 e. The van der Waals surface area contributed by atoms with Gasteiger partial charge in [0.2, 0.25) is 0 Å². The van der Waals surface area contributed by atoms with Crippen LogP contribution in [0, 0.1) is 0 Å². The number of carboxylic acids is 4. The number of ether oxygens (including phenoxy) is 1. The molecule has 16 nitrogen and oxygen atoms in total. The zero-order valence-corrected chi connectivity index (χ0v) is 23.1. The number of nitrogens with one attached hydrogen (secondary N) is 1. The minimum atomic E-state index is -1.11. The fraction of sp³-hybridized carbons (Fsp3) is 0.680. The summed E-state index contributed by atoms with van der Waals surface area (Å²) in [5.41, 5.74) is -1.33. The monoisotopic (exact) mass is 585 g/mol. The van der Waals surface area contributed by atoms with Crippen LogP contribution in [0.15, 0.2) is 9.59 Å². The van der Waals surface area contributed by atoms with Gasteiger partial charge in [0, 0.05) is 58.9 Å². The maximum Gasteiger partial charge on any atom is 0.320 e. The van der Waals surface area contributed by atoms with Gasteiger partial charge in [-0.1, -0.05) is 0 Å². The van der Waals surface area contributed by atoms with E-state index >= 15 is 0 Å². The van der Waals surface area contributed by atoms with Gasteiger partial charge in [-0.25, -0.2) is 0 Å². The molecule has 16 heteroatoms. The molecule has 1 aromatic rings. The molecule has 0 spiro atoms. The first kappa shape index (κ1) is 33.6. The lowest BCUT2D eigenvalue weighted by atomic mass is 10.1. The lowest BCUT2D eigenvalue weighted by molar-refractivity contribution is -0.145. The first-order valence-corrected chi connectivity index (χ1v) is 13.4. The Hall–Kier alpha value is -3.60. The average Bonchev–Trinajstić information content (AvgIpc) is 2.89. The van der Waals surface area contributed by atoms with Gasteiger partial charge >= 0.3 is 23.9 Å². The molecule has 0 radical (unpaired) electrons. The third-order valence-corrected chi connectivity index (χ3v) is 6.79. The Morgan fingerprint density at radius 2 is 1.20 bits per heavy atom. The highest BCUT2D eigenvalue weighted by Gasteiger charge is 2.28. The van der Waals surface area contributed by atoms with E-state index in [1.165, 1.54) is 0 Å². The van der Waals surface area contributed by atoms with Gasteiger partial charge in [-0.2, -0.15) is 0 Å². The van der Waals surface area contributed by atoms with Crippen LogP contribution in [0.1, 0.15) is 19.8 Å². The molecule has 1 aliphatic heterocycles. The molecule has 2 rings (SSSR count). The third-order valence-electron chi connectivity index (χ3n) is 6.79. The van der Waals surface area contributed by atoms with Crippen molar-refractivity contribution in [1.82, 2.24) is 19.6 Å². The van der Waals surface area contributed by atoms with Gasteiger partial charge in [-0.05, 0) is 19.8 Å². The van der Waals surface area contributed by atoms with Gasteiger partial charge in [0.15, 0.2) is 5.75 Å². The van der Waals surface area contributed by atoms with Crippen molar-refractivity contribution in [2.45, 2.75) is 25.8 Å². The van der Waals surface area contributed by atoms with Crippen LogP contribution in [0.25, 0.3) is 0 Å². The van der Waals surface area contributed by atoms with Crippen LogP contribution in [0.2, 0.25) is 0 Å². The molecule has 1 aliphatic rings. The summed E-state index contributed by atoms with van der Waals surface area (Å²) in [6.45, 7) is 2.81. The Balaban J connectivity index is 2.15. The predicted octanol–water partition coefficient (Wildman–Crippen LogP) is -2.20. The number of carboxylic acid groups (broad SMARTS) is 4. The average molecular weight is 586 g/mol. The summed E-state index contributed by atoms with van der Waals surface area (Å²) in [5.74, 6) is -4.36. The maximum atomic E-state index is 12.3. The van der Waals surface area contributed by atoms with Crippen molar-refractivity contribution in [3.05, 3.63) is 20.4 Å². The summed E-state index contributed by atoms with van der Waals surface area (Å²) in [7, 11) is 0. The molecule has 1 saturated heterocycles. The Labute approximate surface area is 236 Å². The van der Waals surface area contributed by atoms with Crippen LogP contribution in [0.3, 0.4) is 0 Å². The topological polar surface area (TPSA) is 218 Å². The highest BCUT2D eigenvalue weighted by atomic mass is 16.5. The number of hydrogen-bond acceptors (Lipinski definition) is 12. The molecule has 1 heterocycles. The number of aliphatic carboxylic acids is 4. The number of anilines is 1. The van der Waals surface area contributed by atoms with E-state index in [1.54, 1.807) is 26.5 Å². The normalized spacial score (nSPS) is 17.8. The molecular weight excluding hydrogens is 546 g/mol. The van der Waals surface area contributed by atoms with Gasteiger partial charge in [-0.3, -0.25) is 48.4 Å². The zero-order chi connectivity index (χ0) is 30.5. The minimum absolute atomic E-state index is 0.0330. The number of rotatable bonds is 15. The Kier molecular flexibility index (Phi) is 13.6. The van der Waals surface area contributed by atoms with Crippen molar-refractivity contribution in [1.29, 1.82) is 0 Å². The molecular formula is C25H39N5O11. The second-order valence-corrected chi connectivity index (χ2v) is 9.76. The van der Waals surface area contributed by atoms with E-state index < -0.39 is 40.8 Å². The fourth-order valence-electron chi connectivity index (χ4n) is 4.70. The van der Waals surface area contributed by atoms with Gasteiger partial charge in [-0.15, -0.1) is 0 Å². The third kappa shape index (κ3) is 11.1. The summed E-state index contributed by atoms with van der Waals surface area (Å²) in [6, 6.07) is -0.985. The van der Waals surface area contributed by atoms with Crippen molar-refractivity contribution in [2.75, 3.05) is 90.5 Å². The summed E-state index contributed by atoms with van der Waals surface area (Å²) < 4.78 is 5.17. The van der Waals surface area contributed by atoms with Gasteiger partial charge in [0.05, 0.1) is 26.2 Å². The van der Waals surface area contributed by atoms with Crippen LogP contribution in [-0.2, 0) is 19.2 Å². The largest absolute Gasteiger partial charge is 0.488 e. The van der Waals surface area contributed by atoms with E-state index in [0.29, 0.717) is 6.42 Å². The molecule has 41 heavy (non-hydrogen) atoms. The molecule has 0 bridgehead atoms. The second-order valence-electron chi connectivity index (χ2n) is 9.76. The molecule has 1 aromatic carbocycles. The molecule has 1 fully saturated rings. The van der Waals surface area contributed by atoms with Crippen molar-refractivity contribution in [3.63, 3.8) is 0 Å². The van der Waals surface area contributed by atoms with Gasteiger partial charge in [0.25, 0.3) is 10.9 Å². The molecule has 0 saturated carbocycles. The standard InChI is InChI=1S/C25H39N5O11/c1-2-41-24-21(22(37)23(24)38)26-5-3-4-17(25(39)40)30-12-10-28(15-19(33)34)8-6-27(14-18(31)32)7-9-29(11-13-30)16-20(35)36/h17,26H,2-16H2,1H3,(H,31,32)(H,33,34)(H,35,36)(H,39,40). The second kappa shape index (κ2) is 16.6. The summed E-state index contributed by atoms with van der Waals surface area (Å²) in [6.07, 6.45) is 0.478. The molecule has 230 valence electrons. The van der Waals surface area contributed by atoms with Crippen molar-refractivity contribution >= 4 is 29.6 Å². The van der Waals surface area contributed by atoms with Crippen LogP contribution >= 0.6 is 0 Å². The first-order chi connectivity index (χ1) is 19.4. The van der Waals surface area contributed by atoms with E-state index in [4.69, 9.17) is 4.74 Å². The maximum absolute atomic E-state index is 12.3. The Bertz CT molecular complexity index is 1090. The number of carbonyl (C=O) groups is 4. The van der Waals surface area contributed by atoms with E-state index in [9.17, 15) is 49.2 Å². The Morgan fingerprint density at radius 1 is 0.756 bits per heavy atom. The molecule has 0 aromatic heterocycles. The molecule has 0 aliphatic carbocycles. The molecule has 5 N–H and O–H groups in total. The lowest BCUT2D eigenvalue weighted by Gasteiger charge is -2.35. The summed E-state index contributed by atoms with van der Waals surface area (Å²) in [5, 5.41) is 40.9. The highest BCUT2D eigenvalue weighted by molar-refractivity contribution is 5.73. The first-order valence-electron chi connectivity index (χ1n) is 13.4. The quantitative estimate of drug-likeness (QED) is 0.109. The number of nitrogens with zero attached hydrogens (tertiary/aromatic N) is 4. The highest BCUT2D eigenvalue weighted by Crippen LogP contribution is 2.18. The Morgan fingerprint density at radius 3 is 1.59 bits per heavy atom. The van der Waals surface area contributed by atoms with Crippen LogP contribution < -0.4 is 20.9 Å². The molecule has 0 amide bonds. The van der Waals surface area contributed by atoms with Gasteiger partial charge in [0.1, 0.15) is 11.7 Å². The van der Waals surface area contributed by atoms with Crippen LogP contribution in [0.5, 0.6) is 5.75 Å². The van der Waals surface area contributed by atoms with Crippen LogP contribution in [-0.4, -0.2) is 155 Å². The number of hydrogen-bond donors (Lipinski definition) is 5. The van der Waals surface area contributed by atoms with Gasteiger partial charge < -0.3 is 30.5 Å². The van der Waals surface area contributed by atoms with Crippen molar-refractivity contribution < 1.29 is 44.3 Å². The SMILES string of the molecule is CCOc1c(NCCCC(C(=O)O)N2CCN(CC(=O)O)CCN(CC(=O)O)CCN(CC(=O)O)CC2)c(=O)c1=O. The zero-order valence-electron chi connectivity index (χ0n) is 23.1. The lowest BCUT2D eigenvalue weighted by Crippen LogP contribution is -2.51.